The maximum absolute atomic E-state index is 12.3. The van der Waals surface area contributed by atoms with Crippen LogP contribution in [0.2, 0.25) is 0 Å². The van der Waals surface area contributed by atoms with Crippen molar-refractivity contribution in [3.63, 3.8) is 0 Å². The second kappa shape index (κ2) is 6.50. The van der Waals surface area contributed by atoms with Crippen LogP contribution in [-0.4, -0.2) is 25.5 Å². The molecule has 0 aromatic heterocycles. The number of carbonyl (C=O) groups excluding carboxylic acids is 1. The number of amides is 1. The van der Waals surface area contributed by atoms with Crippen LogP contribution in [0.4, 0.5) is 5.69 Å². The van der Waals surface area contributed by atoms with E-state index >= 15 is 0 Å². The third-order valence-corrected chi connectivity index (χ3v) is 4.54. The van der Waals surface area contributed by atoms with E-state index in [9.17, 15) is 10.1 Å². The average Bonchev–Trinajstić information content (AvgIpc) is 2.46. The number of anilines is 1. The summed E-state index contributed by atoms with van der Waals surface area (Å²) in [6.45, 7) is 9.87. The van der Waals surface area contributed by atoms with E-state index in [2.05, 4.69) is 30.4 Å². The number of nitrogens with zero attached hydrogens (tertiary/aromatic N) is 2. The molecule has 0 spiro atoms. The van der Waals surface area contributed by atoms with Gasteiger partial charge in [-0.15, -0.1) is 0 Å². The van der Waals surface area contributed by atoms with Crippen molar-refractivity contribution in [2.24, 2.45) is 5.41 Å². The van der Waals surface area contributed by atoms with Crippen molar-refractivity contribution < 1.29 is 4.79 Å². The predicted octanol–water partition coefficient (Wildman–Crippen LogP) is 2.86. The number of rotatable bonds is 3. The molecule has 0 atom stereocenters. The van der Waals surface area contributed by atoms with Gasteiger partial charge in [-0.1, -0.05) is 17.7 Å². The maximum atomic E-state index is 12.3. The van der Waals surface area contributed by atoms with Gasteiger partial charge in [0.15, 0.2) is 0 Å². The van der Waals surface area contributed by atoms with Gasteiger partial charge < -0.3 is 10.2 Å². The number of piperidine rings is 1. The fraction of sp³-hybridized carbons (Fsp3) is 0.556. The Labute approximate surface area is 133 Å². The van der Waals surface area contributed by atoms with Crippen molar-refractivity contribution in [1.82, 2.24) is 5.32 Å². The molecule has 1 aliphatic heterocycles. The molecule has 1 fully saturated rings. The molecule has 2 rings (SSSR count). The van der Waals surface area contributed by atoms with Crippen LogP contribution in [0.5, 0.6) is 0 Å². The van der Waals surface area contributed by atoms with Crippen LogP contribution in [0, 0.1) is 37.5 Å². The highest BCUT2D eigenvalue weighted by Crippen LogP contribution is 2.34. The van der Waals surface area contributed by atoms with Crippen LogP contribution < -0.4 is 10.2 Å². The molecule has 1 N–H and O–H groups in total. The second-order valence-corrected chi connectivity index (χ2v) is 6.49. The largest absolute Gasteiger partial charge is 0.317 e. The Hall–Kier alpha value is -1.86. The molecule has 0 unspecified atom stereocenters. The van der Waals surface area contributed by atoms with Gasteiger partial charge in [0.25, 0.3) is 0 Å². The quantitative estimate of drug-likeness (QED) is 0.933. The van der Waals surface area contributed by atoms with Gasteiger partial charge in [-0.25, -0.2) is 0 Å². The normalized spacial score (nSPS) is 16.9. The summed E-state index contributed by atoms with van der Waals surface area (Å²) in [7, 11) is 0. The first-order valence-electron chi connectivity index (χ1n) is 7.86. The number of carbonyl (C=O) groups is 1. The lowest BCUT2D eigenvalue weighted by atomic mass is 9.79. The lowest BCUT2D eigenvalue weighted by Crippen LogP contribution is -2.46. The van der Waals surface area contributed by atoms with Gasteiger partial charge in [0, 0.05) is 19.2 Å². The smallest absolute Gasteiger partial charge is 0.223 e. The molecule has 1 amide bonds. The molecule has 0 aliphatic carbocycles. The van der Waals surface area contributed by atoms with Gasteiger partial charge in [0.1, 0.15) is 0 Å². The van der Waals surface area contributed by atoms with Gasteiger partial charge in [0.2, 0.25) is 5.91 Å². The van der Waals surface area contributed by atoms with E-state index in [0.29, 0.717) is 6.54 Å². The van der Waals surface area contributed by atoms with Crippen LogP contribution in [0.15, 0.2) is 12.1 Å². The number of hydrogen-bond donors (Lipinski definition) is 1. The Morgan fingerprint density at radius 3 is 2.27 bits per heavy atom. The molecule has 4 nitrogen and oxygen atoms in total. The minimum Gasteiger partial charge on any atom is -0.317 e. The van der Waals surface area contributed by atoms with E-state index < -0.39 is 5.41 Å². The van der Waals surface area contributed by atoms with E-state index in [1.54, 1.807) is 11.8 Å². The number of aryl methyl sites for hydroxylation is 3. The summed E-state index contributed by atoms with van der Waals surface area (Å²) in [6, 6.07) is 6.68. The maximum Gasteiger partial charge on any atom is 0.223 e. The summed E-state index contributed by atoms with van der Waals surface area (Å²) in [4.78, 5) is 14.1. The number of hydrogen-bond acceptors (Lipinski definition) is 3. The molecule has 4 heteroatoms. The zero-order valence-corrected chi connectivity index (χ0v) is 14.0. The lowest BCUT2D eigenvalue weighted by molar-refractivity contribution is -0.116. The third-order valence-electron chi connectivity index (χ3n) is 4.54. The van der Waals surface area contributed by atoms with Crippen molar-refractivity contribution in [2.75, 3.05) is 24.5 Å². The van der Waals surface area contributed by atoms with Crippen molar-refractivity contribution in [2.45, 2.75) is 40.5 Å². The Balaban J connectivity index is 2.40. The topological polar surface area (TPSA) is 56.1 Å². The van der Waals surface area contributed by atoms with Gasteiger partial charge in [-0.2, -0.15) is 5.26 Å². The highest BCUT2D eigenvalue weighted by atomic mass is 16.2. The minimum absolute atomic E-state index is 0.00297. The van der Waals surface area contributed by atoms with Crippen LogP contribution in [0.3, 0.4) is 0 Å². The van der Waals surface area contributed by atoms with Crippen LogP contribution in [0.1, 0.15) is 36.5 Å². The zero-order chi connectivity index (χ0) is 16.3. The molecular formula is C18H25N3O. The molecule has 1 aliphatic rings. The Morgan fingerprint density at radius 2 is 1.82 bits per heavy atom. The standard InChI is InChI=1S/C18H25N3O/c1-13-9-14(2)17(15(3)10-13)21(16(4)22)12-18(11-19)5-7-20-8-6-18/h9-10,20H,5-8,12H2,1-4H3. The highest BCUT2D eigenvalue weighted by Gasteiger charge is 2.36. The Kier molecular flexibility index (Phi) is 4.87. The highest BCUT2D eigenvalue weighted by molar-refractivity contribution is 5.93. The van der Waals surface area contributed by atoms with E-state index in [1.165, 1.54) is 5.56 Å². The van der Waals surface area contributed by atoms with E-state index in [1.807, 2.05) is 13.8 Å². The molecule has 22 heavy (non-hydrogen) atoms. The first-order valence-corrected chi connectivity index (χ1v) is 7.86. The molecule has 1 heterocycles. The van der Waals surface area contributed by atoms with Crippen molar-refractivity contribution in [1.29, 1.82) is 5.26 Å². The second-order valence-electron chi connectivity index (χ2n) is 6.49. The summed E-state index contributed by atoms with van der Waals surface area (Å²) in [5.74, 6) is 0.00297. The first-order chi connectivity index (χ1) is 10.4. The number of nitrogens with one attached hydrogen (secondary N) is 1. The Morgan fingerprint density at radius 1 is 1.27 bits per heavy atom. The molecule has 0 saturated carbocycles. The van der Waals surface area contributed by atoms with Crippen molar-refractivity contribution >= 4 is 11.6 Å². The first kappa shape index (κ1) is 16.5. The summed E-state index contributed by atoms with van der Waals surface area (Å²) in [6.07, 6.45) is 1.58. The van der Waals surface area contributed by atoms with Gasteiger partial charge in [-0.3, -0.25) is 4.79 Å². The van der Waals surface area contributed by atoms with Crippen LogP contribution in [0.25, 0.3) is 0 Å². The summed E-state index contributed by atoms with van der Waals surface area (Å²) >= 11 is 0. The SMILES string of the molecule is CC(=O)N(CC1(C#N)CCNCC1)c1c(C)cc(C)cc1C. The van der Waals surface area contributed by atoms with Crippen molar-refractivity contribution in [3.05, 3.63) is 28.8 Å². The Bertz CT molecular complexity index is 586. The van der Waals surface area contributed by atoms with Crippen LogP contribution in [-0.2, 0) is 4.79 Å². The van der Waals surface area contributed by atoms with E-state index in [4.69, 9.17) is 0 Å². The molecule has 118 valence electrons. The van der Waals surface area contributed by atoms with Crippen LogP contribution >= 0.6 is 0 Å². The molecule has 1 aromatic carbocycles. The van der Waals surface area contributed by atoms with Gasteiger partial charge >= 0.3 is 0 Å². The number of nitriles is 1. The third kappa shape index (κ3) is 3.31. The van der Waals surface area contributed by atoms with Gasteiger partial charge in [-0.05, 0) is 57.8 Å². The fourth-order valence-electron chi connectivity index (χ4n) is 3.46. The molecule has 1 saturated heterocycles. The predicted molar refractivity (Wildman–Crippen MR) is 88.8 cm³/mol. The van der Waals surface area contributed by atoms with E-state index in [-0.39, 0.29) is 5.91 Å². The summed E-state index contributed by atoms with van der Waals surface area (Å²) < 4.78 is 0. The van der Waals surface area contributed by atoms with Gasteiger partial charge in [0.05, 0.1) is 11.5 Å². The summed E-state index contributed by atoms with van der Waals surface area (Å²) in [5.41, 5.74) is 3.90. The monoisotopic (exact) mass is 299 g/mol. The molecule has 0 radical (unpaired) electrons. The zero-order valence-electron chi connectivity index (χ0n) is 14.0. The molecule has 1 aromatic rings. The van der Waals surface area contributed by atoms with Crippen molar-refractivity contribution in [3.8, 4) is 6.07 Å². The summed E-state index contributed by atoms with van der Waals surface area (Å²) in [5, 5.41) is 13.0. The molecule has 0 bridgehead atoms. The van der Waals surface area contributed by atoms with E-state index in [0.717, 1.165) is 42.7 Å². The number of benzene rings is 1. The molecular weight excluding hydrogens is 274 g/mol. The minimum atomic E-state index is -0.444. The lowest BCUT2D eigenvalue weighted by Gasteiger charge is -2.37. The average molecular weight is 299 g/mol. The fourth-order valence-corrected chi connectivity index (χ4v) is 3.46.